The van der Waals surface area contributed by atoms with E-state index < -0.39 is 0 Å². The second-order valence-electron chi connectivity index (χ2n) is 6.27. The Morgan fingerprint density at radius 2 is 0.917 bits per heavy atom. The topological polar surface area (TPSA) is 0 Å². The summed E-state index contributed by atoms with van der Waals surface area (Å²) in [6, 6.07) is 25.4. The molecule has 0 aliphatic rings. The van der Waals surface area contributed by atoms with Crippen molar-refractivity contribution in [2.75, 3.05) is 0 Å². The van der Waals surface area contributed by atoms with Gasteiger partial charge in [0.2, 0.25) is 0 Å². The van der Waals surface area contributed by atoms with Crippen LogP contribution in [0.4, 0.5) is 0 Å². The lowest BCUT2D eigenvalue weighted by Gasteiger charge is -2.11. The molecule has 3 rings (SSSR count). The summed E-state index contributed by atoms with van der Waals surface area (Å²) in [6.45, 7) is 12.8. The highest BCUT2D eigenvalue weighted by Gasteiger charge is 2.07. The lowest BCUT2D eigenvalue weighted by atomic mass is 9.93. The van der Waals surface area contributed by atoms with E-state index in [1.807, 2.05) is 0 Å². The summed E-state index contributed by atoms with van der Waals surface area (Å²) >= 11 is 0. The van der Waals surface area contributed by atoms with E-state index in [9.17, 15) is 0 Å². The molecule has 0 spiro atoms. The first kappa shape index (κ1) is 16.0. The Morgan fingerprint density at radius 1 is 0.542 bits per heavy atom. The molecule has 24 heavy (non-hydrogen) atoms. The lowest BCUT2D eigenvalue weighted by molar-refractivity contribution is 1.44. The second kappa shape index (κ2) is 6.72. The van der Waals surface area contributed by atoms with E-state index in [1.165, 1.54) is 11.1 Å². The van der Waals surface area contributed by atoms with Crippen molar-refractivity contribution in [2.24, 2.45) is 0 Å². The van der Waals surface area contributed by atoms with Crippen LogP contribution in [0.15, 0.2) is 86.0 Å². The monoisotopic (exact) mass is 310 g/mol. The van der Waals surface area contributed by atoms with Gasteiger partial charge in [-0.3, -0.25) is 0 Å². The third-order valence-electron chi connectivity index (χ3n) is 4.36. The fourth-order valence-corrected chi connectivity index (χ4v) is 2.74. The molecule has 0 radical (unpaired) electrons. The second-order valence-corrected chi connectivity index (χ2v) is 6.27. The maximum Gasteiger partial charge on any atom is -0.0178 e. The van der Waals surface area contributed by atoms with Gasteiger partial charge in [-0.1, -0.05) is 91.0 Å². The number of aryl methyl sites for hydroxylation is 2. The van der Waals surface area contributed by atoms with Gasteiger partial charge in [0.05, 0.1) is 0 Å². The molecule has 0 nitrogen and oxygen atoms in total. The van der Waals surface area contributed by atoms with Gasteiger partial charge in [-0.2, -0.15) is 0 Å². The number of hydrogen-bond donors (Lipinski definition) is 0. The molecule has 0 N–H and O–H groups in total. The number of hydrogen-bond acceptors (Lipinski definition) is 0. The van der Waals surface area contributed by atoms with Gasteiger partial charge in [0.15, 0.2) is 0 Å². The lowest BCUT2D eigenvalue weighted by Crippen LogP contribution is -1.91. The van der Waals surface area contributed by atoms with Gasteiger partial charge in [-0.15, -0.1) is 0 Å². The van der Waals surface area contributed by atoms with Crippen LogP contribution in [-0.4, -0.2) is 0 Å². The van der Waals surface area contributed by atoms with Crippen LogP contribution < -0.4 is 0 Å². The average molecular weight is 310 g/mol. The summed E-state index contributed by atoms with van der Waals surface area (Å²) in [4.78, 5) is 0. The van der Waals surface area contributed by atoms with Crippen LogP contribution in [0.2, 0.25) is 0 Å². The molecule has 0 bridgehead atoms. The first-order valence-corrected chi connectivity index (χ1v) is 8.17. The Bertz CT molecular complexity index is 805. The van der Waals surface area contributed by atoms with Gasteiger partial charge in [0.1, 0.15) is 0 Å². The minimum absolute atomic E-state index is 1.04. The first-order chi connectivity index (χ1) is 11.5. The van der Waals surface area contributed by atoms with Crippen molar-refractivity contribution in [2.45, 2.75) is 13.8 Å². The van der Waals surface area contributed by atoms with Crippen molar-refractivity contribution in [1.29, 1.82) is 0 Å². The number of rotatable bonds is 4. The van der Waals surface area contributed by atoms with Crippen LogP contribution in [0.3, 0.4) is 0 Å². The van der Waals surface area contributed by atoms with E-state index in [4.69, 9.17) is 0 Å². The van der Waals surface area contributed by atoms with Crippen LogP contribution in [-0.2, 0) is 0 Å². The highest BCUT2D eigenvalue weighted by atomic mass is 14.1. The van der Waals surface area contributed by atoms with Gasteiger partial charge in [0.25, 0.3) is 0 Å². The first-order valence-electron chi connectivity index (χ1n) is 8.17. The molecule has 0 saturated carbocycles. The van der Waals surface area contributed by atoms with Gasteiger partial charge < -0.3 is 0 Å². The Morgan fingerprint density at radius 3 is 1.29 bits per heavy atom. The molecule has 0 heterocycles. The van der Waals surface area contributed by atoms with E-state index in [2.05, 4.69) is 99.8 Å². The molecular weight excluding hydrogens is 288 g/mol. The minimum Gasteiger partial charge on any atom is -0.0906 e. The molecule has 0 atom stereocenters. The van der Waals surface area contributed by atoms with Crippen LogP contribution in [0.25, 0.3) is 11.1 Å². The summed E-state index contributed by atoms with van der Waals surface area (Å²) in [6.07, 6.45) is 0. The average Bonchev–Trinajstić information content (AvgIpc) is 2.62. The quantitative estimate of drug-likeness (QED) is 0.521. The molecule has 118 valence electrons. The van der Waals surface area contributed by atoms with Crippen LogP contribution in [0.5, 0.6) is 0 Å². The van der Waals surface area contributed by atoms with Gasteiger partial charge in [-0.25, -0.2) is 0 Å². The van der Waals surface area contributed by atoms with Gasteiger partial charge in [0, 0.05) is 0 Å². The predicted octanol–water partition coefficient (Wildman–Crippen LogP) is 6.43. The summed E-state index contributed by atoms with van der Waals surface area (Å²) in [5, 5.41) is 0. The summed E-state index contributed by atoms with van der Waals surface area (Å²) in [5.74, 6) is 0. The molecule has 0 saturated heterocycles. The third kappa shape index (κ3) is 3.38. The smallest absolute Gasteiger partial charge is 0.0178 e. The predicted molar refractivity (Wildman–Crippen MR) is 105 cm³/mol. The normalized spacial score (nSPS) is 10.4. The molecular formula is C24H22. The van der Waals surface area contributed by atoms with Crippen LogP contribution >= 0.6 is 0 Å². The van der Waals surface area contributed by atoms with Crippen molar-refractivity contribution < 1.29 is 0 Å². The van der Waals surface area contributed by atoms with E-state index in [1.54, 1.807) is 0 Å². The molecule has 0 aliphatic carbocycles. The van der Waals surface area contributed by atoms with E-state index in [0.717, 1.165) is 33.4 Å². The number of benzene rings is 3. The van der Waals surface area contributed by atoms with Crippen molar-refractivity contribution >= 4 is 11.1 Å². The summed E-state index contributed by atoms with van der Waals surface area (Å²) in [7, 11) is 0. The highest BCUT2D eigenvalue weighted by Crippen LogP contribution is 2.27. The molecule has 0 amide bonds. The SMILES string of the molecule is C=C(c1ccc(C)cc1)c1cccc(C(=C)c2ccc(C)cc2)c1. The molecule has 3 aromatic carbocycles. The van der Waals surface area contributed by atoms with E-state index in [-0.39, 0.29) is 0 Å². The molecule has 0 unspecified atom stereocenters. The molecule has 0 aromatic heterocycles. The van der Waals surface area contributed by atoms with Crippen LogP contribution in [0, 0.1) is 13.8 Å². The van der Waals surface area contributed by atoms with Gasteiger partial charge >= 0.3 is 0 Å². The maximum absolute atomic E-state index is 4.28. The van der Waals surface area contributed by atoms with Crippen molar-refractivity contribution in [1.82, 2.24) is 0 Å². The van der Waals surface area contributed by atoms with E-state index >= 15 is 0 Å². The zero-order chi connectivity index (χ0) is 17.1. The fraction of sp³-hybridized carbons (Fsp3) is 0.0833. The third-order valence-corrected chi connectivity index (χ3v) is 4.36. The largest absolute Gasteiger partial charge is 0.0906 e. The zero-order valence-corrected chi connectivity index (χ0v) is 14.3. The van der Waals surface area contributed by atoms with E-state index in [0.29, 0.717) is 0 Å². The Balaban J connectivity index is 1.91. The Labute approximate surface area is 144 Å². The maximum atomic E-state index is 4.28. The van der Waals surface area contributed by atoms with Crippen molar-refractivity contribution in [3.05, 3.63) is 119 Å². The van der Waals surface area contributed by atoms with Crippen molar-refractivity contribution in [3.63, 3.8) is 0 Å². The zero-order valence-electron chi connectivity index (χ0n) is 14.3. The molecule has 0 aliphatic heterocycles. The van der Waals surface area contributed by atoms with Crippen LogP contribution in [0.1, 0.15) is 33.4 Å². The fourth-order valence-electron chi connectivity index (χ4n) is 2.74. The highest BCUT2D eigenvalue weighted by molar-refractivity contribution is 5.83. The molecule has 0 fully saturated rings. The summed E-state index contributed by atoms with van der Waals surface area (Å²) in [5.41, 5.74) is 9.15. The Hall–Kier alpha value is -2.86. The van der Waals surface area contributed by atoms with Crippen molar-refractivity contribution in [3.8, 4) is 0 Å². The summed E-state index contributed by atoms with van der Waals surface area (Å²) < 4.78 is 0. The van der Waals surface area contributed by atoms with Gasteiger partial charge in [-0.05, 0) is 53.3 Å². The minimum atomic E-state index is 1.04. The molecule has 3 aromatic rings. The molecule has 0 heteroatoms. The standard InChI is InChI=1S/C24H22/c1-17-8-12-21(13-9-17)19(3)23-6-5-7-24(16-23)20(4)22-14-10-18(2)11-15-22/h5-16H,3-4H2,1-2H3. The Kier molecular flexibility index (Phi) is 4.48.